The Kier molecular flexibility index (Phi) is 1.94. The minimum absolute atomic E-state index is 0.00185. The van der Waals surface area contributed by atoms with E-state index in [-0.39, 0.29) is 6.61 Å². The number of hydrogen-bond donors (Lipinski definition) is 2. The lowest BCUT2D eigenvalue weighted by atomic mass is 10.1. The monoisotopic (exact) mass is 177 g/mol. The van der Waals surface area contributed by atoms with Crippen LogP contribution in [0.4, 0.5) is 0 Å². The van der Waals surface area contributed by atoms with Crippen LogP contribution in [0.3, 0.4) is 0 Å². The molecule has 0 radical (unpaired) electrons. The first-order valence-corrected chi connectivity index (χ1v) is 4.10. The number of aromatic amines is 1. The van der Waals surface area contributed by atoms with Crippen LogP contribution in [0.2, 0.25) is 0 Å². The third kappa shape index (κ3) is 1.27. The maximum atomic E-state index is 9.05. The van der Waals surface area contributed by atoms with Crippen molar-refractivity contribution in [3.63, 3.8) is 0 Å². The molecule has 1 heterocycles. The topological polar surface area (TPSA) is 45.2 Å². The second-order valence-corrected chi connectivity index (χ2v) is 2.89. The van der Waals surface area contributed by atoms with Crippen LogP contribution >= 0.6 is 0 Å². The first kappa shape index (κ1) is 8.13. The summed E-state index contributed by atoms with van der Waals surface area (Å²) >= 11 is 0. The third-order valence-electron chi connectivity index (χ3n) is 2.12. The fraction of sp³-hybridized carbons (Fsp3) is 0.200. The highest BCUT2D eigenvalue weighted by Crippen LogP contribution is 2.24. The number of ether oxygens (including phenoxy) is 1. The number of H-pyrrole nitrogens is 1. The Labute approximate surface area is 76.0 Å². The summed E-state index contributed by atoms with van der Waals surface area (Å²) in [5.74, 6) is 0.731. The van der Waals surface area contributed by atoms with Crippen LogP contribution in [0.25, 0.3) is 10.9 Å². The number of nitrogens with one attached hydrogen (secondary N) is 1. The van der Waals surface area contributed by atoms with Gasteiger partial charge in [0.2, 0.25) is 0 Å². The molecule has 0 atom stereocenters. The molecular formula is C10H11NO2. The van der Waals surface area contributed by atoms with Crippen molar-refractivity contribution in [2.75, 3.05) is 7.11 Å². The van der Waals surface area contributed by atoms with E-state index >= 15 is 0 Å². The minimum Gasteiger partial charge on any atom is -0.496 e. The summed E-state index contributed by atoms with van der Waals surface area (Å²) in [7, 11) is 1.60. The summed E-state index contributed by atoms with van der Waals surface area (Å²) in [6.45, 7) is -0.00185. The molecule has 2 rings (SSSR count). The van der Waals surface area contributed by atoms with Crippen molar-refractivity contribution in [1.29, 1.82) is 0 Å². The summed E-state index contributed by atoms with van der Waals surface area (Å²) in [6, 6.07) is 5.78. The molecule has 0 saturated carbocycles. The fourth-order valence-electron chi connectivity index (χ4n) is 1.44. The molecule has 3 nitrogen and oxygen atoms in total. The number of methoxy groups -OCH3 is 1. The number of aliphatic hydroxyl groups excluding tert-OH is 1. The molecule has 1 aromatic heterocycles. The van der Waals surface area contributed by atoms with Crippen LogP contribution < -0.4 is 4.74 Å². The number of rotatable bonds is 2. The second kappa shape index (κ2) is 3.11. The first-order valence-electron chi connectivity index (χ1n) is 4.10. The number of aromatic nitrogens is 1. The summed E-state index contributed by atoms with van der Waals surface area (Å²) < 4.78 is 5.14. The molecule has 0 fully saturated rings. The van der Waals surface area contributed by atoms with E-state index in [2.05, 4.69) is 4.98 Å². The van der Waals surface area contributed by atoms with Gasteiger partial charge in [-0.3, -0.25) is 0 Å². The lowest BCUT2D eigenvalue weighted by Crippen LogP contribution is -1.91. The quantitative estimate of drug-likeness (QED) is 0.732. The zero-order valence-corrected chi connectivity index (χ0v) is 7.37. The molecular weight excluding hydrogens is 166 g/mol. The van der Waals surface area contributed by atoms with Crippen LogP contribution in [0.15, 0.2) is 24.4 Å². The highest BCUT2D eigenvalue weighted by Gasteiger charge is 2.04. The fourth-order valence-corrected chi connectivity index (χ4v) is 1.44. The third-order valence-corrected chi connectivity index (χ3v) is 2.12. The van der Waals surface area contributed by atoms with Gasteiger partial charge in [0.25, 0.3) is 0 Å². The van der Waals surface area contributed by atoms with Crippen LogP contribution in [0.1, 0.15) is 5.56 Å². The van der Waals surface area contributed by atoms with E-state index in [0.29, 0.717) is 0 Å². The normalized spacial score (nSPS) is 10.6. The Morgan fingerprint density at radius 2 is 2.31 bits per heavy atom. The Balaban J connectivity index is 2.67. The number of fused-ring (bicyclic) bond motifs is 1. The maximum absolute atomic E-state index is 9.05. The van der Waals surface area contributed by atoms with E-state index in [4.69, 9.17) is 9.84 Å². The number of hydrogen-bond acceptors (Lipinski definition) is 2. The van der Waals surface area contributed by atoms with Gasteiger partial charge in [0.05, 0.1) is 13.7 Å². The standard InChI is InChI=1S/C10H11NO2/c1-13-10-5-7-2-3-11-9(7)4-8(10)6-12/h2-5,11-12H,6H2,1H3. The molecule has 13 heavy (non-hydrogen) atoms. The number of aliphatic hydroxyl groups is 1. The summed E-state index contributed by atoms with van der Waals surface area (Å²) in [5, 5.41) is 10.1. The van der Waals surface area contributed by atoms with Crippen LogP contribution in [0, 0.1) is 0 Å². The van der Waals surface area contributed by atoms with Gasteiger partial charge in [0.1, 0.15) is 5.75 Å². The van der Waals surface area contributed by atoms with Gasteiger partial charge in [-0.1, -0.05) is 0 Å². The van der Waals surface area contributed by atoms with Gasteiger partial charge in [-0.05, 0) is 18.2 Å². The Hall–Kier alpha value is -1.48. The predicted molar refractivity (Wildman–Crippen MR) is 50.8 cm³/mol. The smallest absolute Gasteiger partial charge is 0.125 e. The van der Waals surface area contributed by atoms with Crippen molar-refractivity contribution in [2.45, 2.75) is 6.61 Å². The molecule has 2 aromatic rings. The van der Waals surface area contributed by atoms with E-state index in [9.17, 15) is 0 Å². The summed E-state index contributed by atoms with van der Waals surface area (Å²) in [5.41, 5.74) is 1.82. The highest BCUT2D eigenvalue weighted by molar-refractivity contribution is 5.82. The minimum atomic E-state index is -0.00185. The van der Waals surface area contributed by atoms with E-state index in [0.717, 1.165) is 22.2 Å². The molecule has 2 N–H and O–H groups in total. The van der Waals surface area contributed by atoms with Crippen molar-refractivity contribution in [1.82, 2.24) is 4.98 Å². The highest BCUT2D eigenvalue weighted by atomic mass is 16.5. The van der Waals surface area contributed by atoms with E-state index in [1.807, 2.05) is 24.4 Å². The zero-order valence-electron chi connectivity index (χ0n) is 7.37. The van der Waals surface area contributed by atoms with Gasteiger partial charge in [-0.2, -0.15) is 0 Å². The summed E-state index contributed by atoms with van der Waals surface area (Å²) in [4.78, 5) is 3.08. The van der Waals surface area contributed by atoms with Gasteiger partial charge < -0.3 is 14.8 Å². The molecule has 0 aliphatic heterocycles. The van der Waals surface area contributed by atoms with Crippen LogP contribution in [-0.2, 0) is 6.61 Å². The van der Waals surface area contributed by atoms with Gasteiger partial charge >= 0.3 is 0 Å². The van der Waals surface area contributed by atoms with Gasteiger partial charge in [0.15, 0.2) is 0 Å². The first-order chi connectivity index (χ1) is 6.35. The Morgan fingerprint density at radius 1 is 1.46 bits per heavy atom. The van der Waals surface area contributed by atoms with Crippen molar-refractivity contribution < 1.29 is 9.84 Å². The van der Waals surface area contributed by atoms with Crippen molar-refractivity contribution in [2.24, 2.45) is 0 Å². The average Bonchev–Trinajstić information content (AvgIpc) is 2.62. The molecule has 3 heteroatoms. The molecule has 0 spiro atoms. The molecule has 0 aliphatic carbocycles. The van der Waals surface area contributed by atoms with E-state index in [1.165, 1.54) is 0 Å². The molecule has 0 unspecified atom stereocenters. The largest absolute Gasteiger partial charge is 0.496 e. The van der Waals surface area contributed by atoms with Crippen molar-refractivity contribution >= 4 is 10.9 Å². The lowest BCUT2D eigenvalue weighted by molar-refractivity contribution is 0.274. The van der Waals surface area contributed by atoms with E-state index in [1.54, 1.807) is 7.11 Å². The van der Waals surface area contributed by atoms with Gasteiger partial charge in [0, 0.05) is 22.7 Å². The van der Waals surface area contributed by atoms with Gasteiger partial charge in [-0.15, -0.1) is 0 Å². The molecule has 0 saturated heterocycles. The molecule has 0 bridgehead atoms. The maximum Gasteiger partial charge on any atom is 0.125 e. The zero-order chi connectivity index (χ0) is 9.26. The van der Waals surface area contributed by atoms with Crippen LogP contribution in [-0.4, -0.2) is 17.2 Å². The SMILES string of the molecule is COc1cc2cc[nH]c2cc1CO. The molecule has 1 aromatic carbocycles. The van der Waals surface area contributed by atoms with Crippen molar-refractivity contribution in [3.8, 4) is 5.75 Å². The predicted octanol–water partition coefficient (Wildman–Crippen LogP) is 1.67. The van der Waals surface area contributed by atoms with Crippen molar-refractivity contribution in [3.05, 3.63) is 30.0 Å². The molecule has 0 amide bonds. The van der Waals surface area contributed by atoms with Gasteiger partial charge in [-0.25, -0.2) is 0 Å². The number of benzene rings is 1. The Bertz CT molecular complexity index is 382. The lowest BCUT2D eigenvalue weighted by Gasteiger charge is -2.05. The van der Waals surface area contributed by atoms with Crippen LogP contribution in [0.5, 0.6) is 5.75 Å². The second-order valence-electron chi connectivity index (χ2n) is 2.89. The molecule has 68 valence electrons. The van der Waals surface area contributed by atoms with E-state index < -0.39 is 0 Å². The molecule has 0 aliphatic rings. The average molecular weight is 177 g/mol. The summed E-state index contributed by atoms with van der Waals surface area (Å²) in [6.07, 6.45) is 1.87. The Morgan fingerprint density at radius 3 is 3.00 bits per heavy atom.